The summed E-state index contributed by atoms with van der Waals surface area (Å²) in [7, 11) is 0. The van der Waals surface area contributed by atoms with Crippen LogP contribution in [0.2, 0.25) is 0 Å². The first-order valence-corrected chi connectivity index (χ1v) is 18.9. The molecule has 0 spiro atoms. The van der Waals surface area contributed by atoms with E-state index in [0.717, 1.165) is 5.56 Å². The van der Waals surface area contributed by atoms with Crippen molar-refractivity contribution in [3.63, 3.8) is 0 Å². The minimum absolute atomic E-state index is 0.0644. The lowest BCUT2D eigenvalue weighted by Crippen LogP contribution is -2.60. The smallest absolute Gasteiger partial charge is 0.305 e. The molecule has 1 radical (unpaired) electrons. The minimum Gasteiger partial charge on any atom is -0.481 e. The van der Waals surface area contributed by atoms with Crippen LogP contribution in [0, 0.1) is 22.7 Å². The molecule has 0 fully saturated rings. The maximum Gasteiger partial charge on any atom is 0.305 e. The van der Waals surface area contributed by atoms with Gasteiger partial charge < -0.3 is 59.5 Å². The molecule has 20 heteroatoms. The van der Waals surface area contributed by atoms with Crippen molar-refractivity contribution in [3.8, 4) is 0 Å². The zero-order valence-corrected chi connectivity index (χ0v) is 33.1. The van der Waals surface area contributed by atoms with Gasteiger partial charge in [0.15, 0.2) is 11.9 Å². The number of benzene rings is 1. The van der Waals surface area contributed by atoms with Gasteiger partial charge in [-0.15, -0.1) is 0 Å². The Labute approximate surface area is 333 Å². The number of hydrogen-bond acceptors (Lipinski definition) is 10. The van der Waals surface area contributed by atoms with Gasteiger partial charge in [0.2, 0.25) is 35.8 Å². The van der Waals surface area contributed by atoms with E-state index in [0.29, 0.717) is 19.4 Å². The van der Waals surface area contributed by atoms with Crippen molar-refractivity contribution in [1.29, 1.82) is 10.8 Å². The maximum absolute atomic E-state index is 13.8. The largest absolute Gasteiger partial charge is 0.481 e. The molecule has 1 rings (SSSR count). The number of nitrogens with two attached hydrogens (primary N) is 3. The number of nitrogens with one attached hydrogen (secondary N) is 9. The number of carboxylic acids is 1. The van der Waals surface area contributed by atoms with Gasteiger partial charge >= 0.3 is 5.97 Å². The molecule has 0 aliphatic heterocycles. The van der Waals surface area contributed by atoms with E-state index >= 15 is 0 Å². The molecule has 0 heterocycles. The van der Waals surface area contributed by atoms with E-state index < -0.39 is 84.1 Å². The van der Waals surface area contributed by atoms with Crippen LogP contribution in [0.15, 0.2) is 30.3 Å². The summed E-state index contributed by atoms with van der Waals surface area (Å²) in [5.74, 6) is -6.60. The molecule has 20 nitrogen and oxygen atoms in total. The summed E-state index contributed by atoms with van der Waals surface area (Å²) < 4.78 is 0. The Balaban J connectivity index is 3.26. The van der Waals surface area contributed by atoms with Crippen molar-refractivity contribution in [2.75, 3.05) is 13.1 Å². The summed E-state index contributed by atoms with van der Waals surface area (Å²) in [6.45, 7) is 7.52. The van der Waals surface area contributed by atoms with Crippen LogP contribution in [0.25, 0.3) is 0 Å². The summed E-state index contributed by atoms with van der Waals surface area (Å²) in [5.41, 5.74) is 17.4. The molecule has 317 valence electrons. The second kappa shape index (κ2) is 26.1. The lowest BCUT2D eigenvalue weighted by Gasteiger charge is -2.29. The number of guanidine groups is 2. The maximum atomic E-state index is 13.8. The Hall–Kier alpha value is -5.79. The Kier molecular flexibility index (Phi) is 22.6. The zero-order valence-electron chi connectivity index (χ0n) is 33.1. The highest BCUT2D eigenvalue weighted by molar-refractivity contribution is 5.97. The number of carbonyl (C=O) groups is 6. The fourth-order valence-corrected chi connectivity index (χ4v) is 5.57. The van der Waals surface area contributed by atoms with E-state index in [1.807, 2.05) is 12.4 Å². The van der Waals surface area contributed by atoms with E-state index in [4.69, 9.17) is 28.0 Å². The van der Waals surface area contributed by atoms with Crippen LogP contribution in [0.3, 0.4) is 0 Å². The molecule has 0 unspecified atom stereocenters. The Morgan fingerprint density at radius 3 is 1.79 bits per heavy atom. The Morgan fingerprint density at radius 2 is 1.26 bits per heavy atom. The number of amides is 5. The first-order chi connectivity index (χ1) is 26.9. The third-order valence-electron chi connectivity index (χ3n) is 8.85. The Morgan fingerprint density at radius 1 is 0.737 bits per heavy atom. The van der Waals surface area contributed by atoms with Crippen molar-refractivity contribution in [1.82, 2.24) is 37.2 Å². The van der Waals surface area contributed by atoms with Gasteiger partial charge in [0.25, 0.3) is 0 Å². The highest BCUT2D eigenvalue weighted by Gasteiger charge is 2.34. The van der Waals surface area contributed by atoms with Gasteiger partial charge in [0, 0.05) is 19.5 Å². The van der Waals surface area contributed by atoms with E-state index in [1.54, 1.807) is 52.0 Å². The van der Waals surface area contributed by atoms with Gasteiger partial charge in [-0.05, 0) is 49.5 Å². The van der Waals surface area contributed by atoms with Gasteiger partial charge in [-0.1, -0.05) is 64.4 Å². The Bertz CT molecular complexity index is 1510. The summed E-state index contributed by atoms with van der Waals surface area (Å²) in [6, 6.07) is 1.48. The van der Waals surface area contributed by atoms with Crippen molar-refractivity contribution >= 4 is 53.7 Å². The topological polar surface area (TPSA) is 350 Å². The summed E-state index contributed by atoms with van der Waals surface area (Å²) in [6.07, 6.45) is 2.35. The first-order valence-electron chi connectivity index (χ1n) is 18.9. The van der Waals surface area contributed by atoms with Gasteiger partial charge in [-0.25, -0.2) is 0 Å². The molecule has 0 aliphatic rings. The van der Waals surface area contributed by atoms with Crippen LogP contribution in [0.1, 0.15) is 78.2 Å². The van der Waals surface area contributed by atoms with E-state index in [2.05, 4.69) is 37.2 Å². The molecule has 0 aliphatic carbocycles. The molecule has 1 aromatic carbocycles. The summed E-state index contributed by atoms with van der Waals surface area (Å²) >= 11 is 0. The average Bonchev–Trinajstić information content (AvgIpc) is 3.14. The lowest BCUT2D eigenvalue weighted by atomic mass is 9.96. The van der Waals surface area contributed by atoms with E-state index in [-0.39, 0.29) is 56.5 Å². The molecule has 0 aromatic heterocycles. The third kappa shape index (κ3) is 20.1. The second-order valence-electron chi connectivity index (χ2n) is 14.2. The number of carboxylic acid groups (broad SMARTS) is 1. The normalized spacial score (nSPS) is 14.6. The quantitative estimate of drug-likeness (QED) is 0.0265. The molecule has 57 heavy (non-hydrogen) atoms. The van der Waals surface area contributed by atoms with Crippen LogP contribution in [0.4, 0.5) is 0 Å². The van der Waals surface area contributed by atoms with E-state index in [9.17, 15) is 38.7 Å². The highest BCUT2D eigenvalue weighted by Crippen LogP contribution is 2.12. The molecule has 7 atom stereocenters. The lowest BCUT2D eigenvalue weighted by molar-refractivity contribution is -0.141. The van der Waals surface area contributed by atoms with Crippen molar-refractivity contribution in [2.45, 2.75) is 115 Å². The van der Waals surface area contributed by atoms with Crippen LogP contribution in [-0.2, 0) is 40.0 Å². The predicted molar refractivity (Wildman–Crippen MR) is 213 cm³/mol. The third-order valence-corrected chi connectivity index (χ3v) is 8.85. The number of hydrogen-bond donors (Lipinski definition) is 13. The van der Waals surface area contributed by atoms with Crippen LogP contribution >= 0.6 is 0 Å². The summed E-state index contributed by atoms with van der Waals surface area (Å²) in [4.78, 5) is 91.2. The van der Waals surface area contributed by atoms with Crippen molar-refractivity contribution in [3.05, 3.63) is 35.9 Å². The SMILES string of the molecule is CC[C@H](C)[C@H](NC(=O)[C@H](CCCNC(=N)N)NC(=O)[C@H](CC(=O)O)NC(=O)[C@H](CC(C)C)NC(=O)[C@@H](N)CCCNC(=N)N)C(=O)N[C@H]([C]=O)Cc1ccccc1. The molecule has 1 aromatic rings. The van der Waals surface area contributed by atoms with Crippen LogP contribution in [0.5, 0.6) is 0 Å². The molecular formula is C37H61N12O8. The predicted octanol–water partition coefficient (Wildman–Crippen LogP) is -1.82. The zero-order chi connectivity index (χ0) is 43.1. The number of aliphatic carboxylic acids is 1. The molecule has 0 bridgehead atoms. The average molecular weight is 802 g/mol. The van der Waals surface area contributed by atoms with Crippen LogP contribution in [-0.4, -0.2) is 108 Å². The standard InChI is InChI=1S/C37H61N12O8/c1-5-22(4)30(35(57)45-24(20-50)18-23-11-7-6-8-12-23)49-32(54)26(14-10-16-44-37(41)42)46-34(56)28(19-29(51)52)48-33(55)27(17-21(2)3)47-31(53)25(38)13-9-15-43-36(39)40/h6-8,11-12,21-22,24-28,30H,5,9-10,13-19,38H2,1-4H3,(H,45,57)(H,46,56)(H,47,53)(H,48,55)(H,49,54)(H,51,52)(H4,39,40,43)(H4,41,42,44)/t22-,24-,25-,26-,27-,28-,30-/m0/s1. The van der Waals surface area contributed by atoms with Gasteiger partial charge in [-0.3, -0.25) is 44.4 Å². The summed E-state index contributed by atoms with van der Waals surface area (Å²) in [5, 5.41) is 42.3. The number of carbonyl (C=O) groups excluding carboxylic acids is 6. The highest BCUT2D eigenvalue weighted by atomic mass is 16.4. The molecular weight excluding hydrogens is 740 g/mol. The fourth-order valence-electron chi connectivity index (χ4n) is 5.57. The molecule has 5 amide bonds. The van der Waals surface area contributed by atoms with Gasteiger partial charge in [0.05, 0.1) is 18.5 Å². The first kappa shape index (κ1) is 49.2. The van der Waals surface area contributed by atoms with Gasteiger partial charge in [0.1, 0.15) is 24.2 Å². The molecule has 0 saturated carbocycles. The minimum atomic E-state index is -1.70. The van der Waals surface area contributed by atoms with E-state index in [1.165, 1.54) is 0 Å². The molecule has 0 saturated heterocycles. The number of rotatable bonds is 27. The fraction of sp³-hybridized carbons (Fsp3) is 0.595. The monoisotopic (exact) mass is 801 g/mol. The van der Waals surface area contributed by atoms with Crippen molar-refractivity contribution < 1.29 is 38.7 Å². The van der Waals surface area contributed by atoms with Crippen LogP contribution < -0.4 is 54.4 Å². The van der Waals surface area contributed by atoms with Crippen molar-refractivity contribution in [2.24, 2.45) is 29.0 Å². The molecule has 16 N–H and O–H groups in total. The van der Waals surface area contributed by atoms with Gasteiger partial charge in [-0.2, -0.15) is 0 Å². The second-order valence-corrected chi connectivity index (χ2v) is 14.2.